The Morgan fingerprint density at radius 1 is 0.917 bits per heavy atom. The summed E-state index contributed by atoms with van der Waals surface area (Å²) < 4.78 is 0. The number of carbonyl (C=O) groups excluding carboxylic acids is 1. The Bertz CT molecular complexity index is 1500. The largest absolute Gasteiger partial charge is 0.481 e. The second-order valence-corrected chi connectivity index (χ2v) is 7.67. The van der Waals surface area contributed by atoms with E-state index in [4.69, 9.17) is 15.6 Å². The van der Waals surface area contributed by atoms with E-state index in [-0.39, 0.29) is 11.9 Å². The lowest BCUT2D eigenvalue weighted by molar-refractivity contribution is -0.134. The molecule has 36 heavy (non-hydrogen) atoms. The van der Waals surface area contributed by atoms with Gasteiger partial charge in [0, 0.05) is 29.9 Å². The van der Waals surface area contributed by atoms with Crippen LogP contribution in [0.5, 0.6) is 0 Å². The van der Waals surface area contributed by atoms with Gasteiger partial charge in [0.25, 0.3) is 11.9 Å². The first-order chi connectivity index (χ1) is 17.4. The molecule has 2 aromatic heterocycles. The molecule has 0 saturated carbocycles. The second-order valence-electron chi connectivity index (χ2n) is 7.67. The molecule has 10 heteroatoms. The number of nitrogens with one attached hydrogen (secondary N) is 3. The second kappa shape index (κ2) is 10.8. The number of benzene rings is 3. The molecule has 1 amide bonds. The number of anilines is 4. The van der Waals surface area contributed by atoms with Crippen molar-refractivity contribution in [3.63, 3.8) is 0 Å². The molecule has 2 heterocycles. The molecule has 0 aliphatic carbocycles. The van der Waals surface area contributed by atoms with Crippen LogP contribution in [0.25, 0.3) is 22.0 Å². The van der Waals surface area contributed by atoms with E-state index in [2.05, 4.69) is 30.8 Å². The number of nitrogen functional groups attached to an aromatic ring is 1. The quantitative estimate of drug-likeness (QED) is 0.242. The number of H-pyrrole nitrogens is 1. The smallest absolute Gasteiger partial charge is 0.300 e. The number of aromatic amines is 1. The number of hydrogen-bond acceptors (Lipinski definition) is 7. The minimum atomic E-state index is -0.833. The maximum atomic E-state index is 12.9. The fourth-order valence-corrected chi connectivity index (χ4v) is 3.42. The number of fused-ring (bicyclic) bond motifs is 1. The summed E-state index contributed by atoms with van der Waals surface area (Å²) in [6, 6.07) is 25.0. The molecular formula is C26H23N7O3. The minimum Gasteiger partial charge on any atom is -0.481 e. The summed E-state index contributed by atoms with van der Waals surface area (Å²) in [5.74, 6) is -0.394. The molecular weight excluding hydrogens is 458 g/mol. The average molecular weight is 482 g/mol. The molecule has 0 spiro atoms. The van der Waals surface area contributed by atoms with Crippen LogP contribution >= 0.6 is 0 Å². The SMILES string of the molecule is CC(=O)O.Nc1nccc(Nc2ccc3[nH]nc(C(=O)Nc4ccc(-c5ccccc5)cc4)c3c2)n1. The van der Waals surface area contributed by atoms with Gasteiger partial charge in [-0.05, 0) is 47.5 Å². The summed E-state index contributed by atoms with van der Waals surface area (Å²) >= 11 is 0. The first kappa shape index (κ1) is 23.9. The Kier molecular flexibility index (Phi) is 7.16. The number of aromatic nitrogens is 4. The first-order valence-electron chi connectivity index (χ1n) is 10.9. The number of rotatable bonds is 5. The molecule has 0 bridgehead atoms. The maximum Gasteiger partial charge on any atom is 0.300 e. The van der Waals surface area contributed by atoms with Gasteiger partial charge in [0.2, 0.25) is 5.95 Å². The zero-order valence-electron chi connectivity index (χ0n) is 19.3. The Morgan fingerprint density at radius 2 is 1.58 bits per heavy atom. The molecule has 5 rings (SSSR count). The molecule has 180 valence electrons. The van der Waals surface area contributed by atoms with Gasteiger partial charge in [-0.1, -0.05) is 42.5 Å². The normalized spacial score (nSPS) is 10.2. The zero-order chi connectivity index (χ0) is 25.5. The van der Waals surface area contributed by atoms with Crippen molar-refractivity contribution in [3.8, 4) is 11.1 Å². The Balaban J connectivity index is 0.000000709. The van der Waals surface area contributed by atoms with Crippen molar-refractivity contribution in [2.45, 2.75) is 6.92 Å². The summed E-state index contributed by atoms with van der Waals surface area (Å²) in [6.07, 6.45) is 1.57. The molecule has 10 nitrogen and oxygen atoms in total. The van der Waals surface area contributed by atoms with Crippen LogP contribution in [0, 0.1) is 0 Å². The third-order valence-electron chi connectivity index (χ3n) is 4.97. The molecule has 0 atom stereocenters. The summed E-state index contributed by atoms with van der Waals surface area (Å²) in [5.41, 5.74) is 10.3. The molecule has 0 radical (unpaired) electrons. The van der Waals surface area contributed by atoms with Crippen molar-refractivity contribution in [3.05, 3.63) is 90.8 Å². The predicted molar refractivity (Wildman–Crippen MR) is 139 cm³/mol. The van der Waals surface area contributed by atoms with Gasteiger partial charge in [0.05, 0.1) is 5.52 Å². The van der Waals surface area contributed by atoms with Crippen molar-refractivity contribution in [2.75, 3.05) is 16.4 Å². The number of nitrogens with zero attached hydrogens (tertiary/aromatic N) is 3. The van der Waals surface area contributed by atoms with Gasteiger partial charge in [-0.15, -0.1) is 0 Å². The number of carboxylic acid groups (broad SMARTS) is 1. The van der Waals surface area contributed by atoms with Crippen LogP contribution in [0.3, 0.4) is 0 Å². The highest BCUT2D eigenvalue weighted by molar-refractivity contribution is 6.11. The van der Waals surface area contributed by atoms with Gasteiger partial charge in [-0.25, -0.2) is 4.98 Å². The third-order valence-corrected chi connectivity index (χ3v) is 4.97. The van der Waals surface area contributed by atoms with Crippen molar-refractivity contribution >= 4 is 45.9 Å². The van der Waals surface area contributed by atoms with Crippen LogP contribution in [-0.2, 0) is 4.79 Å². The minimum absolute atomic E-state index is 0.178. The van der Waals surface area contributed by atoms with Crippen LogP contribution in [0.1, 0.15) is 17.4 Å². The van der Waals surface area contributed by atoms with E-state index in [1.165, 1.54) is 0 Å². The number of amides is 1. The molecule has 0 saturated heterocycles. The van der Waals surface area contributed by atoms with E-state index in [0.717, 1.165) is 29.3 Å². The molecule has 6 N–H and O–H groups in total. The van der Waals surface area contributed by atoms with Gasteiger partial charge in [0.15, 0.2) is 5.69 Å². The van der Waals surface area contributed by atoms with E-state index in [1.807, 2.05) is 72.8 Å². The Labute approximate surface area is 206 Å². The van der Waals surface area contributed by atoms with E-state index in [0.29, 0.717) is 22.6 Å². The van der Waals surface area contributed by atoms with Crippen molar-refractivity contribution in [2.24, 2.45) is 0 Å². The molecule has 3 aromatic carbocycles. The Hall–Kier alpha value is -5.25. The molecule has 5 aromatic rings. The van der Waals surface area contributed by atoms with Crippen LogP contribution in [0.2, 0.25) is 0 Å². The monoisotopic (exact) mass is 481 g/mol. The van der Waals surface area contributed by atoms with E-state index < -0.39 is 5.97 Å². The van der Waals surface area contributed by atoms with Crippen LogP contribution in [0.4, 0.5) is 23.1 Å². The number of carboxylic acids is 1. The number of nitrogens with two attached hydrogens (primary N) is 1. The summed E-state index contributed by atoms with van der Waals surface area (Å²) in [7, 11) is 0. The van der Waals surface area contributed by atoms with Gasteiger partial charge < -0.3 is 21.5 Å². The first-order valence-corrected chi connectivity index (χ1v) is 10.9. The van der Waals surface area contributed by atoms with Gasteiger partial charge in [-0.2, -0.15) is 10.1 Å². The Morgan fingerprint density at radius 3 is 2.28 bits per heavy atom. The van der Waals surface area contributed by atoms with Crippen LogP contribution in [0.15, 0.2) is 85.1 Å². The molecule has 0 unspecified atom stereocenters. The van der Waals surface area contributed by atoms with E-state index >= 15 is 0 Å². The van der Waals surface area contributed by atoms with Gasteiger partial charge in [0.1, 0.15) is 5.82 Å². The topological polar surface area (TPSA) is 159 Å². The van der Waals surface area contributed by atoms with E-state index in [1.54, 1.807) is 12.3 Å². The fourth-order valence-electron chi connectivity index (χ4n) is 3.42. The summed E-state index contributed by atoms with van der Waals surface area (Å²) in [4.78, 5) is 29.9. The lowest BCUT2D eigenvalue weighted by Gasteiger charge is -2.07. The molecule has 0 fully saturated rings. The lowest BCUT2D eigenvalue weighted by Crippen LogP contribution is -2.12. The fraction of sp³-hybridized carbons (Fsp3) is 0.0385. The number of hydrogen-bond donors (Lipinski definition) is 5. The highest BCUT2D eigenvalue weighted by Crippen LogP contribution is 2.25. The maximum absolute atomic E-state index is 12.9. The zero-order valence-corrected chi connectivity index (χ0v) is 19.3. The van der Waals surface area contributed by atoms with Gasteiger partial charge >= 0.3 is 0 Å². The van der Waals surface area contributed by atoms with Crippen molar-refractivity contribution in [1.29, 1.82) is 0 Å². The van der Waals surface area contributed by atoms with Crippen molar-refractivity contribution < 1.29 is 14.7 Å². The summed E-state index contributed by atoms with van der Waals surface area (Å²) in [5, 5.41) is 21.3. The number of aliphatic carboxylic acids is 1. The van der Waals surface area contributed by atoms with Crippen molar-refractivity contribution in [1.82, 2.24) is 20.2 Å². The standard InChI is InChI=1S/C24H19N7O.C2H4O2/c25-24-26-13-12-21(29-24)27-18-10-11-20-19(14-18)22(31-30-20)23(32)28-17-8-6-16(7-9-17)15-4-2-1-3-5-15;1-2(3)4/h1-14H,(H,28,32)(H,30,31)(H3,25,26,27,29);1H3,(H,3,4). The molecule has 0 aliphatic rings. The predicted octanol–water partition coefficient (Wildman–Crippen LogP) is 4.69. The number of carbonyl (C=O) groups is 2. The van der Waals surface area contributed by atoms with Crippen LogP contribution in [-0.4, -0.2) is 37.1 Å². The lowest BCUT2D eigenvalue weighted by atomic mass is 10.1. The van der Waals surface area contributed by atoms with Gasteiger partial charge in [-0.3, -0.25) is 14.7 Å². The van der Waals surface area contributed by atoms with E-state index in [9.17, 15) is 4.79 Å². The highest BCUT2D eigenvalue weighted by atomic mass is 16.4. The average Bonchev–Trinajstić information content (AvgIpc) is 3.28. The third kappa shape index (κ3) is 6.00. The molecule has 0 aliphatic heterocycles. The summed E-state index contributed by atoms with van der Waals surface area (Å²) in [6.45, 7) is 1.08. The highest BCUT2D eigenvalue weighted by Gasteiger charge is 2.15. The van der Waals surface area contributed by atoms with Crippen LogP contribution < -0.4 is 16.4 Å².